The molecular formula is C11H17NS2. The molecule has 0 rings (SSSR count). The monoisotopic (exact) mass is 227 g/mol. The highest BCUT2D eigenvalue weighted by Crippen LogP contribution is 2.31. The summed E-state index contributed by atoms with van der Waals surface area (Å²) in [7, 11) is 0. The summed E-state index contributed by atoms with van der Waals surface area (Å²) >= 11 is 6.80. The summed E-state index contributed by atoms with van der Waals surface area (Å²) < 4.78 is 0.529. The summed E-state index contributed by atoms with van der Waals surface area (Å²) in [5.74, 6) is 0.263. The molecule has 0 fully saturated rings. The lowest BCUT2D eigenvalue weighted by Gasteiger charge is -2.20. The van der Waals surface area contributed by atoms with Crippen LogP contribution in [0.5, 0.6) is 0 Å². The first-order valence-electron chi connectivity index (χ1n) is 4.76. The van der Waals surface area contributed by atoms with E-state index in [9.17, 15) is 0 Å². The van der Waals surface area contributed by atoms with Crippen molar-refractivity contribution in [3.63, 3.8) is 0 Å². The normalized spacial score (nSPS) is 17.4. The molecule has 3 heteroatoms. The maximum Gasteiger partial charge on any atom is 0.104 e. The average Bonchev–Trinajstić information content (AvgIpc) is 2.18. The van der Waals surface area contributed by atoms with Gasteiger partial charge in [-0.15, -0.1) is 0 Å². The molecule has 0 radical (unpaired) electrons. The molecule has 0 aliphatic heterocycles. The van der Waals surface area contributed by atoms with Crippen LogP contribution in [0.2, 0.25) is 0 Å². The lowest BCUT2D eigenvalue weighted by atomic mass is 10.1. The minimum absolute atomic E-state index is 0.263. The third kappa shape index (κ3) is 4.26. The lowest BCUT2D eigenvalue weighted by molar-refractivity contribution is 0.772. The number of rotatable bonds is 4. The van der Waals surface area contributed by atoms with Crippen LogP contribution in [0.15, 0.2) is 12.2 Å². The van der Waals surface area contributed by atoms with Crippen LogP contribution in [0.25, 0.3) is 0 Å². The summed E-state index contributed by atoms with van der Waals surface area (Å²) in [6.07, 6.45) is 4.87. The van der Waals surface area contributed by atoms with Crippen molar-refractivity contribution in [2.24, 2.45) is 5.92 Å². The van der Waals surface area contributed by atoms with Crippen LogP contribution in [-0.4, -0.2) is 8.94 Å². The Morgan fingerprint density at radius 3 is 2.64 bits per heavy atom. The van der Waals surface area contributed by atoms with E-state index in [1.807, 2.05) is 26.8 Å². The molecule has 2 atom stereocenters. The van der Waals surface area contributed by atoms with Crippen molar-refractivity contribution < 1.29 is 0 Å². The van der Waals surface area contributed by atoms with Gasteiger partial charge in [0, 0.05) is 5.92 Å². The minimum Gasteiger partial charge on any atom is -0.197 e. The van der Waals surface area contributed by atoms with E-state index in [1.54, 1.807) is 0 Å². The number of thioether (sulfide) groups is 1. The quantitative estimate of drug-likeness (QED) is 0.537. The second kappa shape index (κ2) is 6.21. The van der Waals surface area contributed by atoms with E-state index >= 15 is 0 Å². The highest BCUT2D eigenvalue weighted by molar-refractivity contribution is 8.24. The minimum atomic E-state index is -0.368. The molecule has 1 nitrogen and oxygen atoms in total. The molecule has 0 aliphatic carbocycles. The van der Waals surface area contributed by atoms with E-state index in [0.29, 0.717) is 0 Å². The Morgan fingerprint density at radius 2 is 2.29 bits per heavy atom. The van der Waals surface area contributed by atoms with Crippen LogP contribution in [0, 0.1) is 17.2 Å². The molecule has 2 unspecified atom stereocenters. The van der Waals surface area contributed by atoms with Gasteiger partial charge >= 0.3 is 0 Å². The van der Waals surface area contributed by atoms with Gasteiger partial charge in [0.1, 0.15) is 4.75 Å². The predicted octanol–water partition coefficient (Wildman–Crippen LogP) is 3.95. The molecule has 0 amide bonds. The fraction of sp³-hybridized carbons (Fsp3) is 0.636. The fourth-order valence-electron chi connectivity index (χ4n) is 0.856. The van der Waals surface area contributed by atoms with E-state index in [4.69, 9.17) is 17.5 Å². The van der Waals surface area contributed by atoms with Crippen LogP contribution in [-0.2, 0) is 0 Å². The Labute approximate surface area is 96.6 Å². The summed E-state index contributed by atoms with van der Waals surface area (Å²) in [6, 6.07) is 2.31. The number of allylic oxidation sites excluding steroid dienone is 2. The molecular weight excluding hydrogens is 210 g/mol. The highest BCUT2D eigenvalue weighted by Gasteiger charge is 2.25. The number of thiocarbonyl (C=S) groups is 1. The molecule has 0 saturated heterocycles. The molecule has 78 valence electrons. The maximum atomic E-state index is 9.00. The average molecular weight is 227 g/mol. The van der Waals surface area contributed by atoms with Crippen molar-refractivity contribution in [2.45, 2.75) is 38.9 Å². The van der Waals surface area contributed by atoms with Crippen molar-refractivity contribution in [2.75, 3.05) is 0 Å². The summed E-state index contributed by atoms with van der Waals surface area (Å²) in [5, 5.41) is 9.00. The van der Waals surface area contributed by atoms with Gasteiger partial charge in [0.05, 0.1) is 10.3 Å². The second-order valence-corrected chi connectivity index (χ2v) is 5.68. The zero-order chi connectivity index (χ0) is 11.2. The zero-order valence-electron chi connectivity index (χ0n) is 9.20. The Balaban J connectivity index is 4.39. The first kappa shape index (κ1) is 13.7. The molecule has 0 bridgehead atoms. The van der Waals surface area contributed by atoms with Gasteiger partial charge < -0.3 is 0 Å². The Kier molecular flexibility index (Phi) is 6.06. The Morgan fingerprint density at radius 1 is 1.71 bits per heavy atom. The standard InChI is InChI=1S/C11H17NS2/c1-5-7-9(3)10(13)14-11(4,6-2)8-12/h5,7,9H,6H2,1-4H3/b7-5-. The van der Waals surface area contributed by atoms with Crippen molar-refractivity contribution in [3.05, 3.63) is 12.2 Å². The molecule has 0 heterocycles. The molecule has 0 aromatic heterocycles. The van der Waals surface area contributed by atoms with Crippen molar-refractivity contribution in [1.82, 2.24) is 0 Å². The molecule has 0 aromatic carbocycles. The van der Waals surface area contributed by atoms with Crippen LogP contribution >= 0.6 is 24.0 Å². The van der Waals surface area contributed by atoms with Gasteiger partial charge in [0.25, 0.3) is 0 Å². The van der Waals surface area contributed by atoms with Gasteiger partial charge in [-0.25, -0.2) is 0 Å². The highest BCUT2D eigenvalue weighted by atomic mass is 32.2. The molecule has 0 aromatic rings. The number of hydrogen-bond donors (Lipinski definition) is 0. The SMILES string of the molecule is C/C=C\C(C)C(=S)SC(C)(C#N)CC. The van der Waals surface area contributed by atoms with Crippen LogP contribution < -0.4 is 0 Å². The second-order valence-electron chi connectivity index (χ2n) is 3.43. The van der Waals surface area contributed by atoms with Crippen molar-refractivity contribution in [1.29, 1.82) is 5.26 Å². The van der Waals surface area contributed by atoms with Crippen molar-refractivity contribution >= 4 is 28.2 Å². The lowest BCUT2D eigenvalue weighted by Crippen LogP contribution is -2.19. The molecule has 0 N–H and O–H groups in total. The molecule has 0 saturated carbocycles. The van der Waals surface area contributed by atoms with E-state index in [1.165, 1.54) is 11.8 Å². The van der Waals surface area contributed by atoms with Crippen LogP contribution in [0.1, 0.15) is 34.1 Å². The third-order valence-corrected chi connectivity index (χ3v) is 4.12. The Bertz CT molecular complexity index is 265. The molecule has 14 heavy (non-hydrogen) atoms. The summed E-state index contributed by atoms with van der Waals surface area (Å²) in [6.45, 7) is 7.99. The number of nitrogens with zero attached hydrogens (tertiary/aromatic N) is 1. The van der Waals surface area contributed by atoms with Crippen LogP contribution in [0.4, 0.5) is 0 Å². The Hall–Kier alpha value is -0.330. The van der Waals surface area contributed by atoms with Crippen molar-refractivity contribution in [3.8, 4) is 6.07 Å². The summed E-state index contributed by atoms with van der Waals surface area (Å²) in [4.78, 5) is 0. The summed E-state index contributed by atoms with van der Waals surface area (Å²) in [5.41, 5.74) is 0. The third-order valence-electron chi connectivity index (χ3n) is 2.09. The molecule has 0 aliphatic rings. The van der Waals surface area contributed by atoms with Gasteiger partial charge in [-0.05, 0) is 20.3 Å². The van der Waals surface area contributed by atoms with Gasteiger partial charge in [0.15, 0.2) is 0 Å². The number of hydrogen-bond acceptors (Lipinski definition) is 3. The number of nitriles is 1. The van der Waals surface area contributed by atoms with Gasteiger partial charge in [-0.2, -0.15) is 5.26 Å². The van der Waals surface area contributed by atoms with Gasteiger partial charge in [-0.3, -0.25) is 0 Å². The van der Waals surface area contributed by atoms with E-state index < -0.39 is 0 Å². The zero-order valence-corrected chi connectivity index (χ0v) is 10.8. The van der Waals surface area contributed by atoms with Gasteiger partial charge in [0.2, 0.25) is 0 Å². The van der Waals surface area contributed by atoms with E-state index in [0.717, 1.165) is 10.6 Å². The largest absolute Gasteiger partial charge is 0.197 e. The predicted molar refractivity (Wildman–Crippen MR) is 68.5 cm³/mol. The van der Waals surface area contributed by atoms with E-state index in [-0.39, 0.29) is 10.7 Å². The maximum absolute atomic E-state index is 9.00. The van der Waals surface area contributed by atoms with E-state index in [2.05, 4.69) is 19.1 Å². The van der Waals surface area contributed by atoms with Gasteiger partial charge in [-0.1, -0.05) is 50.0 Å². The fourth-order valence-corrected chi connectivity index (χ4v) is 2.39. The molecule has 0 spiro atoms. The first-order chi connectivity index (χ1) is 6.49. The topological polar surface area (TPSA) is 23.8 Å². The van der Waals surface area contributed by atoms with Crippen LogP contribution in [0.3, 0.4) is 0 Å². The smallest absolute Gasteiger partial charge is 0.104 e. The first-order valence-corrected chi connectivity index (χ1v) is 5.98.